The largest absolute Gasteiger partial charge is 0.428 e. The summed E-state index contributed by atoms with van der Waals surface area (Å²) in [5, 5.41) is 0. The monoisotopic (exact) mass is 180 g/mol. The maximum absolute atomic E-state index is 11.0. The molecule has 0 amide bonds. The van der Waals surface area contributed by atoms with Crippen molar-refractivity contribution in [1.29, 1.82) is 0 Å². The third-order valence-electron chi connectivity index (χ3n) is 1.49. The average Bonchev–Trinajstić information content (AvgIpc) is 2.03. The fraction of sp³-hybridized carbons (Fsp3) is 0.364. The van der Waals surface area contributed by atoms with Crippen molar-refractivity contribution in [3.05, 3.63) is 35.6 Å². The van der Waals surface area contributed by atoms with Gasteiger partial charge in [-0.05, 0) is 33.8 Å². The average molecular weight is 180 g/mol. The number of carbonyl (C=O) groups excluding carboxylic acids is 1. The Morgan fingerprint density at radius 2 is 1.85 bits per heavy atom. The number of allylic oxidation sites excluding steroid dienone is 4. The van der Waals surface area contributed by atoms with Gasteiger partial charge in [-0.1, -0.05) is 18.2 Å². The van der Waals surface area contributed by atoms with Crippen LogP contribution in [-0.2, 0) is 9.53 Å². The predicted octanol–water partition coefficient (Wildman–Crippen LogP) is 2.98. The number of hydrogen-bond donors (Lipinski definition) is 0. The van der Waals surface area contributed by atoms with Gasteiger partial charge < -0.3 is 4.74 Å². The van der Waals surface area contributed by atoms with Crippen LogP contribution < -0.4 is 0 Å². The van der Waals surface area contributed by atoms with Crippen LogP contribution in [0.4, 0.5) is 0 Å². The van der Waals surface area contributed by atoms with E-state index in [-0.39, 0.29) is 5.97 Å². The van der Waals surface area contributed by atoms with E-state index in [1.165, 1.54) is 0 Å². The van der Waals surface area contributed by atoms with E-state index in [2.05, 4.69) is 6.58 Å². The minimum absolute atomic E-state index is 0.377. The van der Waals surface area contributed by atoms with E-state index in [1.807, 2.05) is 19.9 Å². The first-order chi connectivity index (χ1) is 5.97. The molecule has 0 aromatic carbocycles. The van der Waals surface area contributed by atoms with Crippen LogP contribution in [0.15, 0.2) is 35.6 Å². The summed E-state index contributed by atoms with van der Waals surface area (Å²) in [6.07, 6.45) is 3.75. The molecule has 0 fully saturated rings. The van der Waals surface area contributed by atoms with Crippen LogP contribution in [-0.4, -0.2) is 5.97 Å². The van der Waals surface area contributed by atoms with Crippen molar-refractivity contribution < 1.29 is 9.53 Å². The topological polar surface area (TPSA) is 26.3 Å². The summed E-state index contributed by atoms with van der Waals surface area (Å²) >= 11 is 0. The summed E-state index contributed by atoms with van der Waals surface area (Å²) in [5.74, 6) is 0.209. The Morgan fingerprint density at radius 1 is 1.31 bits per heavy atom. The van der Waals surface area contributed by atoms with Gasteiger partial charge in [0.25, 0.3) is 0 Å². The molecule has 0 aromatic rings. The maximum Gasteiger partial charge on any atom is 0.338 e. The number of carbonyl (C=O) groups is 1. The molecule has 0 N–H and O–H groups in total. The lowest BCUT2D eigenvalue weighted by atomic mass is 10.2. The molecule has 0 saturated carbocycles. The van der Waals surface area contributed by atoms with E-state index >= 15 is 0 Å². The molecule has 0 radical (unpaired) electrons. The molecule has 0 heterocycles. The van der Waals surface area contributed by atoms with Crippen molar-refractivity contribution in [2.75, 3.05) is 0 Å². The first-order valence-corrected chi connectivity index (χ1v) is 4.16. The van der Waals surface area contributed by atoms with E-state index in [1.54, 1.807) is 19.9 Å². The SMILES string of the molecule is C=C(C)C(=O)OC(C)=CC(C)=CC. The van der Waals surface area contributed by atoms with E-state index in [4.69, 9.17) is 4.74 Å². The van der Waals surface area contributed by atoms with Crippen molar-refractivity contribution in [3.63, 3.8) is 0 Å². The van der Waals surface area contributed by atoms with E-state index in [9.17, 15) is 4.79 Å². The lowest BCUT2D eigenvalue weighted by Gasteiger charge is -2.03. The van der Waals surface area contributed by atoms with Gasteiger partial charge in [0, 0.05) is 5.57 Å². The van der Waals surface area contributed by atoms with Gasteiger partial charge in [-0.15, -0.1) is 0 Å². The van der Waals surface area contributed by atoms with Crippen molar-refractivity contribution in [2.24, 2.45) is 0 Å². The van der Waals surface area contributed by atoms with E-state index in [0.717, 1.165) is 5.57 Å². The lowest BCUT2D eigenvalue weighted by Crippen LogP contribution is -2.02. The summed E-state index contributed by atoms with van der Waals surface area (Å²) < 4.78 is 4.97. The highest BCUT2D eigenvalue weighted by molar-refractivity contribution is 5.87. The summed E-state index contributed by atoms with van der Waals surface area (Å²) in [6.45, 7) is 10.7. The normalized spacial score (nSPS) is 12.6. The zero-order chi connectivity index (χ0) is 10.4. The van der Waals surface area contributed by atoms with Crippen LogP contribution in [0.2, 0.25) is 0 Å². The zero-order valence-corrected chi connectivity index (χ0v) is 8.68. The van der Waals surface area contributed by atoms with Crippen LogP contribution in [0.3, 0.4) is 0 Å². The predicted molar refractivity (Wildman–Crippen MR) is 54.1 cm³/mol. The quantitative estimate of drug-likeness (QED) is 0.289. The Balaban J connectivity index is 4.31. The summed E-state index contributed by atoms with van der Waals surface area (Å²) in [5.41, 5.74) is 1.47. The molecule has 0 rings (SSSR count). The molecule has 13 heavy (non-hydrogen) atoms. The van der Waals surface area contributed by atoms with Gasteiger partial charge in [0.2, 0.25) is 0 Å². The van der Waals surface area contributed by atoms with Crippen LogP contribution in [0.1, 0.15) is 27.7 Å². The Bertz CT molecular complexity index is 270. The molecule has 0 spiro atoms. The molecule has 0 saturated heterocycles. The molecule has 0 aliphatic rings. The van der Waals surface area contributed by atoms with Gasteiger partial charge in [-0.25, -0.2) is 4.79 Å². The molecule has 0 bridgehead atoms. The van der Waals surface area contributed by atoms with Crippen LogP contribution in [0.25, 0.3) is 0 Å². The van der Waals surface area contributed by atoms with E-state index < -0.39 is 0 Å². The van der Waals surface area contributed by atoms with Gasteiger partial charge in [0.05, 0.1) is 0 Å². The van der Waals surface area contributed by atoms with E-state index in [0.29, 0.717) is 11.3 Å². The molecule has 0 unspecified atom stereocenters. The van der Waals surface area contributed by atoms with Gasteiger partial charge >= 0.3 is 5.97 Å². The second kappa shape index (κ2) is 5.36. The molecule has 0 aliphatic heterocycles. The smallest absolute Gasteiger partial charge is 0.338 e. The Morgan fingerprint density at radius 3 is 2.23 bits per heavy atom. The van der Waals surface area contributed by atoms with Crippen LogP contribution in [0, 0.1) is 0 Å². The molecule has 2 heteroatoms. The van der Waals surface area contributed by atoms with Crippen molar-refractivity contribution in [2.45, 2.75) is 27.7 Å². The molecular formula is C11H16O2. The van der Waals surface area contributed by atoms with Gasteiger partial charge in [-0.3, -0.25) is 0 Å². The van der Waals surface area contributed by atoms with Crippen molar-refractivity contribution in [3.8, 4) is 0 Å². The number of ether oxygens (including phenoxy) is 1. The maximum atomic E-state index is 11.0. The first-order valence-electron chi connectivity index (χ1n) is 4.16. The first kappa shape index (κ1) is 11.7. The zero-order valence-electron chi connectivity index (χ0n) is 8.68. The Labute approximate surface area is 79.6 Å². The van der Waals surface area contributed by atoms with Crippen LogP contribution in [0.5, 0.6) is 0 Å². The fourth-order valence-electron chi connectivity index (χ4n) is 0.667. The number of rotatable bonds is 3. The highest BCUT2D eigenvalue weighted by Gasteiger charge is 2.03. The van der Waals surface area contributed by atoms with Crippen molar-refractivity contribution in [1.82, 2.24) is 0 Å². The standard InChI is InChI=1S/C11H16O2/c1-6-9(4)7-10(5)13-11(12)8(2)3/h6-7H,2H2,1,3-5H3. The molecule has 2 nitrogen and oxygen atoms in total. The summed E-state index contributed by atoms with van der Waals surface area (Å²) in [6, 6.07) is 0. The van der Waals surface area contributed by atoms with Crippen molar-refractivity contribution >= 4 is 5.97 Å². The fourth-order valence-corrected chi connectivity index (χ4v) is 0.667. The molecule has 0 aromatic heterocycles. The second-order valence-corrected chi connectivity index (χ2v) is 2.96. The Kier molecular flexibility index (Phi) is 4.82. The van der Waals surface area contributed by atoms with Crippen LogP contribution >= 0.6 is 0 Å². The molecule has 0 atom stereocenters. The second-order valence-electron chi connectivity index (χ2n) is 2.96. The minimum atomic E-state index is -0.377. The third-order valence-corrected chi connectivity index (χ3v) is 1.49. The number of hydrogen-bond acceptors (Lipinski definition) is 2. The molecular weight excluding hydrogens is 164 g/mol. The Hall–Kier alpha value is -1.31. The summed E-state index contributed by atoms with van der Waals surface area (Å²) in [4.78, 5) is 11.0. The highest BCUT2D eigenvalue weighted by Crippen LogP contribution is 2.05. The lowest BCUT2D eigenvalue weighted by molar-refractivity contribution is -0.134. The molecule has 0 aliphatic carbocycles. The highest BCUT2D eigenvalue weighted by atomic mass is 16.5. The van der Waals surface area contributed by atoms with Gasteiger partial charge in [0.1, 0.15) is 5.76 Å². The number of esters is 1. The minimum Gasteiger partial charge on any atom is -0.428 e. The summed E-state index contributed by atoms with van der Waals surface area (Å²) in [7, 11) is 0. The van der Waals surface area contributed by atoms with Gasteiger partial charge in [-0.2, -0.15) is 0 Å². The third kappa shape index (κ3) is 5.01. The van der Waals surface area contributed by atoms with Gasteiger partial charge in [0.15, 0.2) is 0 Å². The molecule has 72 valence electrons.